The van der Waals surface area contributed by atoms with Crippen LogP contribution in [0.2, 0.25) is 0 Å². The minimum absolute atomic E-state index is 0.0275. The summed E-state index contributed by atoms with van der Waals surface area (Å²) >= 11 is 1.72. The van der Waals surface area contributed by atoms with Gasteiger partial charge in [0, 0.05) is 6.07 Å². The van der Waals surface area contributed by atoms with Crippen molar-refractivity contribution < 1.29 is 18.0 Å². The van der Waals surface area contributed by atoms with Gasteiger partial charge in [0.1, 0.15) is 5.82 Å². The van der Waals surface area contributed by atoms with E-state index < -0.39 is 28.8 Å². The molecule has 0 heterocycles. The van der Waals surface area contributed by atoms with Crippen molar-refractivity contribution in [2.24, 2.45) is 0 Å². The summed E-state index contributed by atoms with van der Waals surface area (Å²) in [4.78, 5) is 11.0. The number of benzene rings is 1. The van der Waals surface area contributed by atoms with Gasteiger partial charge in [0.25, 0.3) is 0 Å². The van der Waals surface area contributed by atoms with Crippen LogP contribution in [0.15, 0.2) is 12.1 Å². The van der Waals surface area contributed by atoms with Crippen molar-refractivity contribution in [2.75, 3.05) is 4.43 Å². The molecule has 1 aromatic carbocycles. The molecule has 1 aromatic rings. The van der Waals surface area contributed by atoms with E-state index in [-0.39, 0.29) is 4.43 Å². The molecule has 0 saturated carbocycles. The average Bonchev–Trinajstić information content (AvgIpc) is 2.10. The zero-order chi connectivity index (χ0) is 10.0. The number of hydrogen-bond acceptors (Lipinski definition) is 1. The molecular formula is C8H4F3IO. The average molecular weight is 300 g/mol. The molecule has 0 aliphatic carbocycles. The number of carbonyl (C=O) groups is 1. The third-order valence-electron chi connectivity index (χ3n) is 1.43. The zero-order valence-electron chi connectivity index (χ0n) is 6.28. The van der Waals surface area contributed by atoms with Crippen LogP contribution in [0.5, 0.6) is 0 Å². The number of ketones is 1. The van der Waals surface area contributed by atoms with E-state index in [0.717, 1.165) is 0 Å². The maximum Gasteiger partial charge on any atom is 0.175 e. The SMILES string of the molecule is O=C(CI)c1cc(F)c(F)cc1F. The van der Waals surface area contributed by atoms with Gasteiger partial charge in [-0.3, -0.25) is 4.79 Å². The summed E-state index contributed by atoms with van der Waals surface area (Å²) in [5.74, 6) is -4.09. The van der Waals surface area contributed by atoms with Gasteiger partial charge >= 0.3 is 0 Å². The predicted molar refractivity (Wildman–Crippen MR) is 49.5 cm³/mol. The van der Waals surface area contributed by atoms with Gasteiger partial charge in [-0.1, -0.05) is 22.6 Å². The number of rotatable bonds is 2. The van der Waals surface area contributed by atoms with E-state index in [9.17, 15) is 18.0 Å². The molecule has 0 amide bonds. The highest BCUT2D eigenvalue weighted by Gasteiger charge is 2.14. The molecule has 0 radical (unpaired) electrons. The van der Waals surface area contributed by atoms with Gasteiger partial charge < -0.3 is 0 Å². The Hall–Kier alpha value is -0.590. The van der Waals surface area contributed by atoms with Crippen molar-refractivity contribution in [3.05, 3.63) is 35.1 Å². The van der Waals surface area contributed by atoms with Crippen LogP contribution in [0.3, 0.4) is 0 Å². The minimum Gasteiger partial charge on any atom is -0.293 e. The van der Waals surface area contributed by atoms with Gasteiger partial charge in [-0.15, -0.1) is 0 Å². The molecule has 0 bridgehead atoms. The lowest BCUT2D eigenvalue weighted by Crippen LogP contribution is -2.05. The molecule has 0 atom stereocenters. The molecule has 13 heavy (non-hydrogen) atoms. The van der Waals surface area contributed by atoms with Crippen LogP contribution >= 0.6 is 22.6 Å². The van der Waals surface area contributed by atoms with Crippen LogP contribution in [0.1, 0.15) is 10.4 Å². The first-order valence-electron chi connectivity index (χ1n) is 3.30. The molecule has 0 spiro atoms. The second-order valence-electron chi connectivity index (χ2n) is 2.30. The summed E-state index contributed by atoms with van der Waals surface area (Å²) < 4.78 is 37.8. The molecule has 0 unspecified atom stereocenters. The molecule has 0 aliphatic heterocycles. The van der Waals surface area contributed by atoms with Gasteiger partial charge in [0.05, 0.1) is 9.99 Å². The highest BCUT2D eigenvalue weighted by molar-refractivity contribution is 14.1. The first-order valence-corrected chi connectivity index (χ1v) is 4.82. The molecule has 0 aliphatic rings. The molecule has 1 rings (SSSR count). The first kappa shape index (κ1) is 10.5. The summed E-state index contributed by atoms with van der Waals surface area (Å²) in [7, 11) is 0. The monoisotopic (exact) mass is 300 g/mol. The summed E-state index contributed by atoms with van der Waals surface area (Å²) in [5.41, 5.74) is -0.409. The Bertz CT molecular complexity index is 351. The predicted octanol–water partition coefficient (Wildman–Crippen LogP) is 2.72. The van der Waals surface area contributed by atoms with E-state index in [1.165, 1.54) is 0 Å². The van der Waals surface area contributed by atoms with Gasteiger partial charge in [0.2, 0.25) is 0 Å². The van der Waals surface area contributed by atoms with Crippen LogP contribution in [-0.4, -0.2) is 10.2 Å². The largest absolute Gasteiger partial charge is 0.293 e. The van der Waals surface area contributed by atoms with E-state index in [1.54, 1.807) is 22.6 Å². The number of carbonyl (C=O) groups excluding carboxylic acids is 1. The molecule has 1 nitrogen and oxygen atoms in total. The van der Waals surface area contributed by atoms with E-state index in [1.807, 2.05) is 0 Å². The Labute approximate surface area is 86.1 Å². The summed E-state index contributed by atoms with van der Waals surface area (Å²) in [6.45, 7) is 0. The highest BCUT2D eigenvalue weighted by atomic mass is 127. The second-order valence-corrected chi connectivity index (χ2v) is 3.07. The van der Waals surface area contributed by atoms with Crippen LogP contribution in [-0.2, 0) is 0 Å². The van der Waals surface area contributed by atoms with Crippen molar-refractivity contribution in [3.8, 4) is 0 Å². The number of alkyl halides is 1. The lowest BCUT2D eigenvalue weighted by atomic mass is 10.1. The van der Waals surface area contributed by atoms with Crippen molar-refractivity contribution in [1.29, 1.82) is 0 Å². The van der Waals surface area contributed by atoms with Crippen molar-refractivity contribution in [1.82, 2.24) is 0 Å². The van der Waals surface area contributed by atoms with Crippen LogP contribution < -0.4 is 0 Å². The smallest absolute Gasteiger partial charge is 0.175 e. The standard InChI is InChI=1S/C8H4F3IO/c9-5-2-7(11)6(10)1-4(5)8(13)3-12/h1-2H,3H2. The molecule has 0 fully saturated rings. The minimum atomic E-state index is -1.29. The Morgan fingerprint density at radius 3 is 2.23 bits per heavy atom. The van der Waals surface area contributed by atoms with E-state index in [4.69, 9.17) is 0 Å². The molecular weight excluding hydrogens is 296 g/mol. The fraction of sp³-hybridized carbons (Fsp3) is 0.125. The number of halogens is 4. The molecule has 0 N–H and O–H groups in total. The van der Waals surface area contributed by atoms with E-state index >= 15 is 0 Å². The lowest BCUT2D eigenvalue weighted by molar-refractivity contribution is 0.102. The maximum absolute atomic E-state index is 12.8. The van der Waals surface area contributed by atoms with Gasteiger partial charge in [-0.25, -0.2) is 13.2 Å². The molecule has 70 valence electrons. The summed E-state index contributed by atoms with van der Waals surface area (Å²) in [6, 6.07) is 0.945. The number of Topliss-reactive ketones (excluding diaryl/α,β-unsaturated/α-hetero) is 1. The molecule has 0 aromatic heterocycles. The van der Waals surface area contributed by atoms with Gasteiger partial charge in [-0.05, 0) is 6.07 Å². The fourth-order valence-corrected chi connectivity index (χ4v) is 1.22. The van der Waals surface area contributed by atoms with Crippen molar-refractivity contribution in [3.63, 3.8) is 0 Å². The van der Waals surface area contributed by atoms with Gasteiger partial charge in [0.15, 0.2) is 17.4 Å². The lowest BCUT2D eigenvalue weighted by Gasteiger charge is -2.00. The van der Waals surface area contributed by atoms with Gasteiger partial charge in [-0.2, -0.15) is 0 Å². The molecule has 5 heteroatoms. The van der Waals surface area contributed by atoms with E-state index in [0.29, 0.717) is 12.1 Å². The normalized spacial score (nSPS) is 10.2. The van der Waals surface area contributed by atoms with Crippen molar-refractivity contribution >= 4 is 28.4 Å². The Balaban J connectivity index is 3.23. The Kier molecular flexibility index (Phi) is 3.29. The van der Waals surface area contributed by atoms with Crippen LogP contribution in [0, 0.1) is 17.5 Å². The fourth-order valence-electron chi connectivity index (χ4n) is 0.808. The summed E-state index contributed by atoms with van der Waals surface area (Å²) in [5, 5.41) is 0. The number of hydrogen-bond donors (Lipinski definition) is 0. The topological polar surface area (TPSA) is 17.1 Å². The maximum atomic E-state index is 12.8. The second kappa shape index (κ2) is 4.08. The van der Waals surface area contributed by atoms with Crippen LogP contribution in [0.25, 0.3) is 0 Å². The summed E-state index contributed by atoms with van der Waals surface area (Å²) in [6.07, 6.45) is 0. The Morgan fingerprint density at radius 1 is 1.15 bits per heavy atom. The first-order chi connectivity index (χ1) is 6.06. The Morgan fingerprint density at radius 2 is 1.69 bits per heavy atom. The molecule has 0 saturated heterocycles. The zero-order valence-corrected chi connectivity index (χ0v) is 8.44. The van der Waals surface area contributed by atoms with Crippen molar-refractivity contribution in [2.45, 2.75) is 0 Å². The highest BCUT2D eigenvalue weighted by Crippen LogP contribution is 2.14. The quantitative estimate of drug-likeness (QED) is 0.355. The van der Waals surface area contributed by atoms with Crippen LogP contribution in [0.4, 0.5) is 13.2 Å². The third-order valence-corrected chi connectivity index (χ3v) is 2.12. The van der Waals surface area contributed by atoms with E-state index in [2.05, 4.69) is 0 Å². The third kappa shape index (κ3) is 2.20.